The first-order valence-corrected chi connectivity index (χ1v) is 4.58. The van der Waals surface area contributed by atoms with Crippen LogP contribution in [-0.2, 0) is 4.79 Å². The van der Waals surface area contributed by atoms with Gasteiger partial charge in [-0.15, -0.1) is 0 Å². The predicted octanol–water partition coefficient (Wildman–Crippen LogP) is 1.18. The van der Waals surface area contributed by atoms with Crippen molar-refractivity contribution in [1.82, 2.24) is 10.4 Å². The van der Waals surface area contributed by atoms with Crippen molar-refractivity contribution in [2.24, 2.45) is 0 Å². The van der Waals surface area contributed by atoms with Crippen molar-refractivity contribution in [3.8, 4) is 0 Å². The van der Waals surface area contributed by atoms with E-state index in [4.69, 9.17) is 0 Å². The molecule has 0 saturated carbocycles. The number of nitrogens with zero attached hydrogens (tertiary/aromatic N) is 2. The van der Waals surface area contributed by atoms with Crippen LogP contribution < -0.4 is 10.3 Å². The number of carbonyl (C=O) groups is 1. The van der Waals surface area contributed by atoms with Gasteiger partial charge in [0.1, 0.15) is 24.0 Å². The normalized spacial score (nSPS) is 14.4. The van der Waals surface area contributed by atoms with Crippen LogP contribution in [-0.4, -0.2) is 18.1 Å². The van der Waals surface area contributed by atoms with Crippen molar-refractivity contribution >= 4 is 12.1 Å². The van der Waals surface area contributed by atoms with Crippen LogP contribution in [0.5, 0.6) is 0 Å². The molecule has 1 amide bonds. The van der Waals surface area contributed by atoms with Crippen molar-refractivity contribution < 1.29 is 13.6 Å². The van der Waals surface area contributed by atoms with Gasteiger partial charge in [-0.25, -0.2) is 8.78 Å². The lowest BCUT2D eigenvalue weighted by Gasteiger charge is -2.20. The van der Waals surface area contributed by atoms with Gasteiger partial charge in [-0.2, -0.15) is 0 Å². The van der Waals surface area contributed by atoms with Crippen molar-refractivity contribution in [1.29, 1.82) is 0 Å². The van der Waals surface area contributed by atoms with Gasteiger partial charge in [0.15, 0.2) is 0 Å². The molecule has 1 heterocycles. The molecule has 0 spiro atoms. The fourth-order valence-corrected chi connectivity index (χ4v) is 1.48. The first-order chi connectivity index (χ1) is 7.72. The number of halogens is 2. The second-order valence-electron chi connectivity index (χ2n) is 3.20. The van der Waals surface area contributed by atoms with E-state index in [-0.39, 0.29) is 12.4 Å². The Morgan fingerprint density at radius 1 is 1.25 bits per heavy atom. The Morgan fingerprint density at radius 2 is 1.94 bits per heavy atom. The van der Waals surface area contributed by atoms with Crippen molar-refractivity contribution in [3.63, 3.8) is 0 Å². The largest absolute Gasteiger partial charge is 0.322 e. The summed E-state index contributed by atoms with van der Waals surface area (Å²) in [4.78, 5) is 11.5. The van der Waals surface area contributed by atoms with Gasteiger partial charge in [0.2, 0.25) is 6.41 Å². The fourth-order valence-electron chi connectivity index (χ4n) is 1.48. The molecular formula is C10H9F2N3O. The van der Waals surface area contributed by atoms with Gasteiger partial charge in [0.05, 0.1) is 0 Å². The van der Waals surface area contributed by atoms with Crippen LogP contribution in [0.15, 0.2) is 30.6 Å². The molecule has 0 aliphatic carbocycles. The summed E-state index contributed by atoms with van der Waals surface area (Å²) in [5.74, 6) is -1.28. The number of carbonyl (C=O) groups excluding carboxylic acids is 1. The molecular weight excluding hydrogens is 216 g/mol. The second kappa shape index (κ2) is 4.18. The highest BCUT2D eigenvalue weighted by molar-refractivity contribution is 5.53. The minimum Gasteiger partial charge on any atom is -0.322 e. The standard InChI is InChI=1S/C10H9F2N3O/c11-8-2-1-3-9(12)10(8)14-4-5-15(7-14)13-6-16/h1-6H,7H2,(H,13,16). The third-order valence-electron chi connectivity index (χ3n) is 2.17. The van der Waals surface area contributed by atoms with E-state index in [0.717, 1.165) is 0 Å². The second-order valence-corrected chi connectivity index (χ2v) is 3.20. The maximum Gasteiger partial charge on any atom is 0.225 e. The van der Waals surface area contributed by atoms with Gasteiger partial charge in [-0.1, -0.05) is 6.07 Å². The minimum atomic E-state index is -0.641. The zero-order chi connectivity index (χ0) is 11.5. The van der Waals surface area contributed by atoms with Crippen LogP contribution in [0.4, 0.5) is 14.5 Å². The molecule has 84 valence electrons. The molecule has 0 saturated heterocycles. The maximum absolute atomic E-state index is 13.4. The number of benzene rings is 1. The molecule has 2 rings (SSSR count). The fraction of sp³-hybridized carbons (Fsp3) is 0.100. The number of hydrazine groups is 1. The van der Waals surface area contributed by atoms with Gasteiger partial charge in [0.25, 0.3) is 0 Å². The van der Waals surface area contributed by atoms with Crippen LogP contribution in [0.25, 0.3) is 0 Å². The summed E-state index contributed by atoms with van der Waals surface area (Å²) in [6.07, 6.45) is 3.49. The maximum atomic E-state index is 13.4. The molecule has 1 aromatic carbocycles. The Balaban J connectivity index is 2.21. The summed E-state index contributed by atoms with van der Waals surface area (Å²) in [7, 11) is 0. The number of amides is 1. The smallest absolute Gasteiger partial charge is 0.225 e. The number of anilines is 1. The highest BCUT2D eigenvalue weighted by Gasteiger charge is 2.19. The van der Waals surface area contributed by atoms with Crippen LogP contribution >= 0.6 is 0 Å². The van der Waals surface area contributed by atoms with Gasteiger partial charge in [-0.05, 0) is 12.1 Å². The van der Waals surface area contributed by atoms with E-state index in [2.05, 4.69) is 5.43 Å². The molecule has 0 fully saturated rings. The molecule has 0 unspecified atom stereocenters. The Morgan fingerprint density at radius 3 is 2.56 bits per heavy atom. The zero-order valence-corrected chi connectivity index (χ0v) is 8.23. The van der Waals surface area contributed by atoms with Gasteiger partial charge in [0, 0.05) is 12.4 Å². The van der Waals surface area contributed by atoms with Gasteiger partial charge < -0.3 is 4.90 Å². The predicted molar refractivity (Wildman–Crippen MR) is 53.9 cm³/mol. The number of rotatable bonds is 3. The van der Waals surface area contributed by atoms with Crippen molar-refractivity contribution in [3.05, 3.63) is 42.2 Å². The highest BCUT2D eigenvalue weighted by atomic mass is 19.1. The topological polar surface area (TPSA) is 35.6 Å². The Kier molecular flexibility index (Phi) is 2.72. The molecule has 0 radical (unpaired) electrons. The van der Waals surface area contributed by atoms with E-state index < -0.39 is 11.6 Å². The van der Waals surface area contributed by atoms with E-state index in [1.165, 1.54) is 40.5 Å². The molecule has 16 heavy (non-hydrogen) atoms. The number of hydrogen-bond donors (Lipinski definition) is 1. The third-order valence-corrected chi connectivity index (χ3v) is 2.17. The first-order valence-electron chi connectivity index (χ1n) is 4.58. The van der Waals surface area contributed by atoms with Crippen LogP contribution in [0.1, 0.15) is 0 Å². The summed E-state index contributed by atoms with van der Waals surface area (Å²) in [5, 5.41) is 1.40. The monoisotopic (exact) mass is 225 g/mol. The summed E-state index contributed by atoms with van der Waals surface area (Å²) in [6.45, 7) is 0.163. The lowest BCUT2D eigenvalue weighted by molar-refractivity contribution is -0.112. The third kappa shape index (κ3) is 1.81. The number of para-hydroxylation sites is 1. The van der Waals surface area contributed by atoms with E-state index in [0.29, 0.717) is 6.41 Å². The zero-order valence-electron chi connectivity index (χ0n) is 8.23. The average Bonchev–Trinajstić information content (AvgIpc) is 2.67. The molecule has 1 aliphatic heterocycles. The molecule has 1 aromatic rings. The lowest BCUT2D eigenvalue weighted by Crippen LogP contribution is -2.35. The quantitative estimate of drug-likeness (QED) is 0.784. The van der Waals surface area contributed by atoms with E-state index in [1.54, 1.807) is 0 Å². The first kappa shape index (κ1) is 10.4. The Hall–Kier alpha value is -2.11. The molecule has 0 atom stereocenters. The molecule has 0 aromatic heterocycles. The average molecular weight is 225 g/mol. The van der Waals surface area contributed by atoms with Crippen LogP contribution in [0.3, 0.4) is 0 Å². The van der Waals surface area contributed by atoms with Gasteiger partial charge >= 0.3 is 0 Å². The number of hydrogen-bond acceptors (Lipinski definition) is 3. The minimum absolute atomic E-state index is 0.131. The summed E-state index contributed by atoms with van der Waals surface area (Å²) in [6, 6.07) is 3.67. The Labute approximate surface area is 90.7 Å². The highest BCUT2D eigenvalue weighted by Crippen LogP contribution is 2.25. The Bertz CT molecular complexity index is 416. The van der Waals surface area contributed by atoms with E-state index >= 15 is 0 Å². The van der Waals surface area contributed by atoms with Crippen molar-refractivity contribution in [2.45, 2.75) is 0 Å². The summed E-state index contributed by atoms with van der Waals surface area (Å²) in [5.41, 5.74) is 2.23. The summed E-state index contributed by atoms with van der Waals surface area (Å²) < 4.78 is 26.8. The van der Waals surface area contributed by atoms with Crippen LogP contribution in [0, 0.1) is 11.6 Å². The van der Waals surface area contributed by atoms with Crippen LogP contribution in [0.2, 0.25) is 0 Å². The lowest BCUT2D eigenvalue weighted by atomic mass is 10.3. The summed E-state index contributed by atoms with van der Waals surface area (Å²) >= 11 is 0. The van der Waals surface area contributed by atoms with E-state index in [9.17, 15) is 13.6 Å². The molecule has 4 nitrogen and oxygen atoms in total. The molecule has 6 heteroatoms. The van der Waals surface area contributed by atoms with Gasteiger partial charge in [-0.3, -0.25) is 15.2 Å². The molecule has 1 N–H and O–H groups in total. The molecule has 1 aliphatic rings. The molecule has 0 bridgehead atoms. The SMILES string of the molecule is O=CNN1C=CN(c2c(F)cccc2F)C1. The van der Waals surface area contributed by atoms with Crippen molar-refractivity contribution in [2.75, 3.05) is 11.6 Å². The van der Waals surface area contributed by atoms with E-state index in [1.807, 2.05) is 0 Å². The number of nitrogens with one attached hydrogen (secondary N) is 1.